The average molecular weight is 396 g/mol. The van der Waals surface area contributed by atoms with Crippen LogP contribution in [-0.4, -0.2) is 37.7 Å². The molecule has 1 aromatic heterocycles. The van der Waals surface area contributed by atoms with Crippen LogP contribution in [0, 0.1) is 0 Å². The summed E-state index contributed by atoms with van der Waals surface area (Å²) in [5.41, 5.74) is 2.67. The molecule has 146 valence electrons. The highest BCUT2D eigenvalue weighted by Gasteiger charge is 2.20. The summed E-state index contributed by atoms with van der Waals surface area (Å²) < 4.78 is 6.38. The van der Waals surface area contributed by atoms with Crippen LogP contribution in [0.15, 0.2) is 48.5 Å². The van der Waals surface area contributed by atoms with Gasteiger partial charge in [0.15, 0.2) is 0 Å². The van der Waals surface area contributed by atoms with Crippen LogP contribution in [0.3, 0.4) is 0 Å². The van der Waals surface area contributed by atoms with Gasteiger partial charge in [-0.05, 0) is 49.7 Å². The Morgan fingerprint density at radius 3 is 2.79 bits per heavy atom. The first-order valence-electron chi connectivity index (χ1n) is 9.70. The van der Waals surface area contributed by atoms with E-state index in [-0.39, 0.29) is 11.9 Å². The number of ether oxygens (including phenoxy) is 1. The molecule has 1 unspecified atom stereocenters. The first-order valence-corrected chi connectivity index (χ1v) is 10.5. The van der Waals surface area contributed by atoms with Gasteiger partial charge in [-0.25, -0.2) is 4.98 Å². The Morgan fingerprint density at radius 2 is 2.04 bits per heavy atom. The van der Waals surface area contributed by atoms with Gasteiger partial charge in [-0.15, -0.1) is 11.3 Å². The number of hydrogen-bond donors (Lipinski definition) is 2. The van der Waals surface area contributed by atoms with E-state index in [1.807, 2.05) is 48.5 Å². The van der Waals surface area contributed by atoms with Crippen molar-refractivity contribution in [2.45, 2.75) is 24.8 Å². The smallest absolute Gasteiger partial charge is 0.251 e. The SMILES string of the molecule is COCC(NC(=O)c1ccc2nc(C3CCNCC3)sc2c1)c1ccccc1. The minimum absolute atomic E-state index is 0.0929. The van der Waals surface area contributed by atoms with Gasteiger partial charge in [-0.1, -0.05) is 30.3 Å². The van der Waals surface area contributed by atoms with Crippen LogP contribution in [0.4, 0.5) is 0 Å². The number of nitrogens with zero attached hydrogens (tertiary/aromatic N) is 1. The molecular weight excluding hydrogens is 370 g/mol. The molecule has 0 bridgehead atoms. The van der Waals surface area contributed by atoms with Gasteiger partial charge < -0.3 is 15.4 Å². The summed E-state index contributed by atoms with van der Waals surface area (Å²) >= 11 is 1.72. The lowest BCUT2D eigenvalue weighted by atomic mass is 9.99. The minimum Gasteiger partial charge on any atom is -0.382 e. The Balaban J connectivity index is 1.53. The van der Waals surface area contributed by atoms with Crippen molar-refractivity contribution < 1.29 is 9.53 Å². The molecule has 0 radical (unpaired) electrons. The number of hydrogen-bond acceptors (Lipinski definition) is 5. The molecular formula is C22H25N3O2S. The van der Waals surface area contributed by atoms with E-state index in [1.54, 1.807) is 18.4 Å². The van der Waals surface area contributed by atoms with E-state index >= 15 is 0 Å². The molecule has 1 saturated heterocycles. The minimum atomic E-state index is -0.179. The van der Waals surface area contributed by atoms with Crippen molar-refractivity contribution in [2.24, 2.45) is 0 Å². The Bertz CT molecular complexity index is 935. The number of aromatic nitrogens is 1. The van der Waals surface area contributed by atoms with Crippen molar-refractivity contribution in [3.05, 3.63) is 64.7 Å². The monoisotopic (exact) mass is 395 g/mol. The Kier molecular flexibility index (Phi) is 6.00. The predicted octanol–water partition coefficient (Wildman–Crippen LogP) is 3.88. The van der Waals surface area contributed by atoms with Gasteiger partial charge >= 0.3 is 0 Å². The fraction of sp³-hybridized carbons (Fsp3) is 0.364. The lowest BCUT2D eigenvalue weighted by Crippen LogP contribution is -2.31. The van der Waals surface area contributed by atoms with Gasteiger partial charge in [0.1, 0.15) is 0 Å². The van der Waals surface area contributed by atoms with Crippen molar-refractivity contribution in [3.63, 3.8) is 0 Å². The first-order chi connectivity index (χ1) is 13.7. The maximum atomic E-state index is 12.9. The maximum Gasteiger partial charge on any atom is 0.251 e. The van der Waals surface area contributed by atoms with Crippen molar-refractivity contribution in [1.29, 1.82) is 0 Å². The lowest BCUT2D eigenvalue weighted by molar-refractivity contribution is 0.0896. The molecule has 1 atom stereocenters. The summed E-state index contributed by atoms with van der Waals surface area (Å²) in [7, 11) is 1.65. The summed E-state index contributed by atoms with van der Waals surface area (Å²) in [4.78, 5) is 17.7. The van der Waals surface area contributed by atoms with Crippen molar-refractivity contribution >= 4 is 27.5 Å². The number of carbonyl (C=O) groups is 1. The molecule has 2 N–H and O–H groups in total. The Hall–Kier alpha value is -2.28. The van der Waals surface area contributed by atoms with Gasteiger partial charge in [-0.3, -0.25) is 4.79 Å². The van der Waals surface area contributed by atoms with E-state index in [0.717, 1.165) is 41.7 Å². The van der Waals surface area contributed by atoms with E-state index in [2.05, 4.69) is 10.6 Å². The van der Waals surface area contributed by atoms with E-state index in [1.165, 1.54) is 5.01 Å². The van der Waals surface area contributed by atoms with Gasteiger partial charge in [-0.2, -0.15) is 0 Å². The molecule has 2 aromatic carbocycles. The molecule has 1 fully saturated rings. The molecule has 4 rings (SSSR count). The average Bonchev–Trinajstić information content (AvgIpc) is 3.18. The quantitative estimate of drug-likeness (QED) is 0.665. The highest BCUT2D eigenvalue weighted by atomic mass is 32.1. The van der Waals surface area contributed by atoms with Crippen LogP contribution in [0.2, 0.25) is 0 Å². The predicted molar refractivity (Wildman–Crippen MR) is 113 cm³/mol. The van der Waals surface area contributed by atoms with Crippen LogP contribution in [0.1, 0.15) is 45.7 Å². The molecule has 3 aromatic rings. The highest BCUT2D eigenvalue weighted by molar-refractivity contribution is 7.18. The Labute approximate surface area is 169 Å². The summed E-state index contributed by atoms with van der Waals surface area (Å²) in [5, 5.41) is 7.69. The summed E-state index contributed by atoms with van der Waals surface area (Å²) in [6.45, 7) is 2.53. The standard InChI is InChI=1S/C22H25N3O2S/c1-27-14-19(15-5-3-2-4-6-15)24-21(26)17-7-8-18-20(13-17)28-22(25-18)16-9-11-23-12-10-16/h2-8,13,16,19,23H,9-12,14H2,1H3,(H,24,26). The number of benzene rings is 2. The second kappa shape index (κ2) is 8.82. The van der Waals surface area contributed by atoms with Crippen LogP contribution >= 0.6 is 11.3 Å². The lowest BCUT2D eigenvalue weighted by Gasteiger charge is -2.20. The third kappa shape index (κ3) is 4.24. The molecule has 5 nitrogen and oxygen atoms in total. The van der Waals surface area contributed by atoms with Gasteiger partial charge in [0.25, 0.3) is 5.91 Å². The van der Waals surface area contributed by atoms with Crippen molar-refractivity contribution in [2.75, 3.05) is 26.8 Å². The largest absolute Gasteiger partial charge is 0.382 e. The van der Waals surface area contributed by atoms with Gasteiger partial charge in [0, 0.05) is 18.6 Å². The third-order valence-electron chi connectivity index (χ3n) is 5.20. The normalized spacial score (nSPS) is 16.2. The molecule has 28 heavy (non-hydrogen) atoms. The molecule has 2 heterocycles. The second-order valence-electron chi connectivity index (χ2n) is 7.15. The number of nitrogens with one attached hydrogen (secondary N) is 2. The number of carbonyl (C=O) groups excluding carboxylic acids is 1. The summed E-state index contributed by atoms with van der Waals surface area (Å²) in [6.07, 6.45) is 2.26. The third-order valence-corrected chi connectivity index (χ3v) is 6.38. The van der Waals surface area contributed by atoms with E-state index in [0.29, 0.717) is 18.1 Å². The molecule has 1 amide bonds. The van der Waals surface area contributed by atoms with Crippen LogP contribution < -0.4 is 10.6 Å². The molecule has 1 aliphatic heterocycles. The van der Waals surface area contributed by atoms with E-state index < -0.39 is 0 Å². The van der Waals surface area contributed by atoms with E-state index in [9.17, 15) is 4.79 Å². The molecule has 0 saturated carbocycles. The zero-order chi connectivity index (χ0) is 19.3. The van der Waals surface area contributed by atoms with Crippen molar-refractivity contribution in [1.82, 2.24) is 15.6 Å². The molecule has 6 heteroatoms. The van der Waals surface area contributed by atoms with Crippen molar-refractivity contribution in [3.8, 4) is 0 Å². The first kappa shape index (κ1) is 19.1. The maximum absolute atomic E-state index is 12.9. The number of thiazole rings is 1. The molecule has 0 spiro atoms. The van der Waals surface area contributed by atoms with Gasteiger partial charge in [0.2, 0.25) is 0 Å². The van der Waals surface area contributed by atoms with Crippen LogP contribution in [0.5, 0.6) is 0 Å². The fourth-order valence-corrected chi connectivity index (χ4v) is 4.82. The molecule has 1 aliphatic rings. The van der Waals surface area contributed by atoms with E-state index in [4.69, 9.17) is 9.72 Å². The number of amides is 1. The number of piperidine rings is 1. The summed E-state index contributed by atoms with van der Waals surface area (Å²) in [5.74, 6) is 0.435. The number of methoxy groups -OCH3 is 1. The van der Waals surface area contributed by atoms with Crippen LogP contribution in [-0.2, 0) is 4.74 Å². The van der Waals surface area contributed by atoms with Crippen LogP contribution in [0.25, 0.3) is 10.2 Å². The van der Waals surface area contributed by atoms with Gasteiger partial charge in [0.05, 0.1) is 27.9 Å². The summed E-state index contributed by atoms with van der Waals surface area (Å²) in [6, 6.07) is 15.5. The topological polar surface area (TPSA) is 63.2 Å². The second-order valence-corrected chi connectivity index (χ2v) is 8.21. The Morgan fingerprint density at radius 1 is 1.25 bits per heavy atom. The molecule has 0 aliphatic carbocycles. The zero-order valence-corrected chi connectivity index (χ0v) is 16.8. The highest BCUT2D eigenvalue weighted by Crippen LogP contribution is 2.32. The number of fused-ring (bicyclic) bond motifs is 1. The fourth-order valence-electron chi connectivity index (χ4n) is 3.64. The zero-order valence-electron chi connectivity index (χ0n) is 16.0. The number of rotatable bonds is 6.